The van der Waals surface area contributed by atoms with Gasteiger partial charge >= 0.3 is 0 Å². The van der Waals surface area contributed by atoms with Gasteiger partial charge in [-0.1, -0.05) is 52.0 Å². The average molecular weight is 699 g/mol. The van der Waals surface area contributed by atoms with Crippen molar-refractivity contribution in [3.8, 4) is 23.1 Å². The first-order valence-corrected chi connectivity index (χ1v) is 16.1. The molecule has 1 N–H and O–H groups in total. The number of piperazine rings is 1. The van der Waals surface area contributed by atoms with Crippen LogP contribution >= 0.6 is 11.6 Å². The summed E-state index contributed by atoms with van der Waals surface area (Å²) in [5.41, 5.74) is -3.06. The molecule has 9 nitrogen and oxygen atoms in total. The molecule has 0 spiro atoms. The van der Waals surface area contributed by atoms with Crippen molar-refractivity contribution in [1.82, 2.24) is 14.5 Å². The Bertz CT molecular complexity index is 2030. The van der Waals surface area contributed by atoms with Crippen molar-refractivity contribution in [3.63, 3.8) is 0 Å². The molecule has 49 heavy (non-hydrogen) atoms. The molecular formula is C35H35ClF4N6O3. The van der Waals surface area contributed by atoms with E-state index < -0.39 is 74.4 Å². The van der Waals surface area contributed by atoms with Crippen molar-refractivity contribution in [2.24, 2.45) is 16.3 Å². The molecule has 4 heterocycles. The Kier molecular flexibility index (Phi) is 9.42. The average Bonchev–Trinajstić information content (AvgIpc) is 3.06. The highest BCUT2D eigenvalue weighted by Gasteiger charge is 2.42. The van der Waals surface area contributed by atoms with Crippen molar-refractivity contribution < 1.29 is 27.5 Å². The summed E-state index contributed by atoms with van der Waals surface area (Å²) in [5, 5.41) is 20.8. The summed E-state index contributed by atoms with van der Waals surface area (Å²) in [4.78, 5) is 39.9. The van der Waals surface area contributed by atoms with Crippen LogP contribution in [0.2, 0.25) is 5.02 Å². The van der Waals surface area contributed by atoms with Gasteiger partial charge in [-0.15, -0.1) is 0 Å². The van der Waals surface area contributed by atoms with Crippen LogP contribution in [0.1, 0.15) is 59.6 Å². The van der Waals surface area contributed by atoms with Gasteiger partial charge in [0.05, 0.1) is 28.0 Å². The number of aliphatic imine (C=N–C) groups is 1. The van der Waals surface area contributed by atoms with E-state index in [9.17, 15) is 33.1 Å². The number of pyridine rings is 2. The zero-order valence-electron chi connectivity index (χ0n) is 27.8. The number of allylic oxidation sites excluding steroid dienone is 1. The van der Waals surface area contributed by atoms with Crippen LogP contribution in [-0.4, -0.2) is 56.3 Å². The first-order chi connectivity index (χ1) is 23.0. The van der Waals surface area contributed by atoms with Crippen LogP contribution in [0.25, 0.3) is 22.3 Å². The Labute approximate surface area is 285 Å². The molecule has 0 aliphatic carbocycles. The number of amides is 1. The highest BCUT2D eigenvalue weighted by molar-refractivity contribution is 6.34. The van der Waals surface area contributed by atoms with Gasteiger partial charge in [0.25, 0.3) is 5.56 Å². The minimum atomic E-state index is -2.23. The van der Waals surface area contributed by atoms with E-state index in [0.717, 1.165) is 0 Å². The molecule has 3 aromatic rings. The zero-order valence-corrected chi connectivity index (χ0v) is 28.5. The van der Waals surface area contributed by atoms with Gasteiger partial charge in [-0.25, -0.2) is 18.2 Å². The Hall–Kier alpha value is -4.70. The minimum Gasteiger partial charge on any atom is -0.504 e. The molecule has 0 bridgehead atoms. The van der Waals surface area contributed by atoms with E-state index in [4.69, 9.17) is 11.6 Å². The van der Waals surface area contributed by atoms with Crippen molar-refractivity contribution >= 4 is 39.9 Å². The third-order valence-corrected chi connectivity index (χ3v) is 9.85. The summed E-state index contributed by atoms with van der Waals surface area (Å²) in [5.74, 6) is -10.5. The lowest BCUT2D eigenvalue weighted by Gasteiger charge is -2.45. The number of hydrogen-bond acceptors (Lipinski definition) is 7. The maximum atomic E-state index is 15.3. The minimum absolute atomic E-state index is 0.137. The number of phenols is 1. The maximum Gasteiger partial charge on any atom is 0.272 e. The van der Waals surface area contributed by atoms with Gasteiger partial charge in [0.1, 0.15) is 17.3 Å². The molecule has 1 aromatic carbocycles. The van der Waals surface area contributed by atoms with E-state index in [-0.39, 0.29) is 47.2 Å². The standard InChI is InChI=1S/C35H35ClF4N6O3/c1-8-22(47)45-17(5)14-44(15-18(45)6)30-19-12-21(36)29(23-24(37)25(38)26(39)27(40)31(23)48)43-33(19)46(34(49)20(30)13-41)32-28(16(3)4)42-11-10-35(32,7)9-2/h8,10-12,16-18,32,48H,1,9,14-15H2,2-7H3/t17-,18+,32?,35?. The molecule has 4 atom stereocenters. The molecule has 2 aromatic heterocycles. The topological polar surface area (TPSA) is 115 Å². The van der Waals surface area contributed by atoms with Crippen molar-refractivity contribution in [2.75, 3.05) is 18.0 Å². The molecule has 2 aliphatic rings. The van der Waals surface area contributed by atoms with Gasteiger partial charge in [-0.05, 0) is 38.3 Å². The first-order valence-electron chi connectivity index (χ1n) is 15.7. The summed E-state index contributed by atoms with van der Waals surface area (Å²) >= 11 is 6.65. The van der Waals surface area contributed by atoms with Crippen molar-refractivity contribution in [2.45, 2.75) is 66.1 Å². The Balaban J connectivity index is 1.94. The number of nitriles is 1. The number of aromatic nitrogens is 2. The second-order valence-electron chi connectivity index (χ2n) is 13.0. The molecular weight excluding hydrogens is 664 g/mol. The second-order valence-corrected chi connectivity index (χ2v) is 13.4. The lowest BCUT2D eigenvalue weighted by Crippen LogP contribution is -2.58. The maximum absolute atomic E-state index is 15.3. The zero-order chi connectivity index (χ0) is 36.3. The van der Waals surface area contributed by atoms with Crippen LogP contribution in [0.5, 0.6) is 5.75 Å². The molecule has 0 radical (unpaired) electrons. The number of carbonyl (C=O) groups excluding carboxylic acids is 1. The summed E-state index contributed by atoms with van der Waals surface area (Å²) in [7, 11) is 0. The quantitative estimate of drug-likeness (QED) is 0.128. The second kappa shape index (κ2) is 13.0. The molecule has 5 rings (SSSR count). The largest absolute Gasteiger partial charge is 0.504 e. The lowest BCUT2D eigenvalue weighted by atomic mass is 9.73. The fourth-order valence-corrected chi connectivity index (χ4v) is 7.26. The number of aromatic hydroxyl groups is 1. The molecule has 0 saturated carbocycles. The van der Waals surface area contributed by atoms with Crippen LogP contribution in [0.3, 0.4) is 0 Å². The highest BCUT2D eigenvalue weighted by Crippen LogP contribution is 2.46. The Morgan fingerprint density at radius 1 is 1.18 bits per heavy atom. The first kappa shape index (κ1) is 35.6. The van der Waals surface area contributed by atoms with Crippen LogP contribution < -0.4 is 10.5 Å². The van der Waals surface area contributed by atoms with Crippen molar-refractivity contribution in [3.05, 3.63) is 75.2 Å². The third-order valence-electron chi connectivity index (χ3n) is 9.56. The van der Waals surface area contributed by atoms with Crippen molar-refractivity contribution in [1.29, 1.82) is 5.26 Å². The predicted molar refractivity (Wildman–Crippen MR) is 180 cm³/mol. The summed E-state index contributed by atoms with van der Waals surface area (Å²) in [6.07, 6.45) is 5.17. The van der Waals surface area contributed by atoms with Gasteiger partial charge in [-0.2, -0.15) is 9.65 Å². The van der Waals surface area contributed by atoms with Gasteiger partial charge in [-0.3, -0.25) is 19.1 Å². The Morgan fingerprint density at radius 2 is 1.80 bits per heavy atom. The van der Waals surface area contributed by atoms with E-state index in [1.54, 1.807) is 29.8 Å². The normalized spacial score (nSPS) is 22.4. The number of halogens is 5. The van der Waals surface area contributed by atoms with Gasteiger partial charge in [0.15, 0.2) is 17.4 Å². The van der Waals surface area contributed by atoms with Crippen LogP contribution in [0, 0.1) is 45.9 Å². The van der Waals surface area contributed by atoms with E-state index in [1.165, 1.54) is 16.7 Å². The molecule has 2 aliphatic heterocycles. The fourth-order valence-electron chi connectivity index (χ4n) is 7.01. The summed E-state index contributed by atoms with van der Waals surface area (Å²) in [6.45, 7) is 15.1. The predicted octanol–water partition coefficient (Wildman–Crippen LogP) is 7.04. The van der Waals surface area contributed by atoms with E-state index in [0.29, 0.717) is 12.1 Å². The number of fused-ring (bicyclic) bond motifs is 1. The third kappa shape index (κ3) is 5.56. The monoisotopic (exact) mass is 698 g/mol. The summed E-state index contributed by atoms with van der Waals surface area (Å²) < 4.78 is 59.8. The van der Waals surface area contributed by atoms with E-state index in [2.05, 4.69) is 22.6 Å². The molecule has 1 amide bonds. The lowest BCUT2D eigenvalue weighted by molar-refractivity contribution is -0.130. The van der Waals surface area contributed by atoms with Gasteiger partial charge < -0.3 is 14.9 Å². The number of hydrogen-bond donors (Lipinski definition) is 1. The van der Waals surface area contributed by atoms with Crippen LogP contribution in [0.15, 0.2) is 40.8 Å². The van der Waals surface area contributed by atoms with Gasteiger partial charge in [0.2, 0.25) is 17.5 Å². The van der Waals surface area contributed by atoms with E-state index in [1.807, 2.05) is 33.8 Å². The smallest absolute Gasteiger partial charge is 0.272 e. The molecule has 258 valence electrons. The number of nitrogens with zero attached hydrogens (tertiary/aromatic N) is 6. The SMILES string of the molecule is C=CC(=O)N1[C@H](C)CN(c2c(C#N)c(=O)n(C3C(C(C)C)=NC=CC3(C)CC)c3nc(-c4c(O)c(F)c(F)c(F)c4F)c(Cl)cc23)C[C@@H]1C. The fraction of sp³-hybridized carbons (Fsp3) is 0.400. The number of rotatable bonds is 6. The number of carbonyl (C=O) groups is 1. The molecule has 1 fully saturated rings. The Morgan fingerprint density at radius 3 is 2.35 bits per heavy atom. The number of benzene rings is 1. The molecule has 1 saturated heterocycles. The van der Waals surface area contributed by atoms with E-state index >= 15 is 4.39 Å². The number of anilines is 1. The molecule has 2 unspecified atom stereocenters. The van der Waals surface area contributed by atoms with Gasteiger partial charge in [0, 0.05) is 47.9 Å². The van der Waals surface area contributed by atoms with Crippen LogP contribution in [0.4, 0.5) is 23.2 Å². The molecule has 14 heteroatoms. The highest BCUT2D eigenvalue weighted by atomic mass is 35.5. The number of phenolic OH excluding ortho intramolecular Hbond substituents is 1. The summed E-state index contributed by atoms with van der Waals surface area (Å²) in [6, 6.07) is 1.69. The van der Waals surface area contributed by atoms with Crippen LogP contribution in [-0.2, 0) is 4.79 Å².